The van der Waals surface area contributed by atoms with Crippen LogP contribution in [0.3, 0.4) is 0 Å². The molecule has 0 amide bonds. The Hall–Kier alpha value is -1.52. The number of pyridine rings is 1. The zero-order valence-electron chi connectivity index (χ0n) is 8.47. The zero-order chi connectivity index (χ0) is 11.0. The number of aromatic nitrogens is 1. The Balaban J connectivity index is 2.05. The monoisotopic (exact) mass is 230 g/mol. The van der Waals surface area contributed by atoms with E-state index in [9.17, 15) is 0 Å². The molecule has 1 aliphatic heterocycles. The average molecular weight is 230 g/mol. The Labute approximate surface area is 97.5 Å². The van der Waals surface area contributed by atoms with Crippen LogP contribution in [0.5, 0.6) is 0 Å². The largest absolute Gasteiger partial charge is 0.392 e. The SMILES string of the molecule is OCc1ccc2c(c1)Sc1cnccc1N2. The normalized spacial score (nSPS) is 12.6. The first-order chi connectivity index (χ1) is 7.86. The van der Waals surface area contributed by atoms with Crippen molar-refractivity contribution in [3.63, 3.8) is 0 Å². The van der Waals surface area contributed by atoms with Gasteiger partial charge in [0.1, 0.15) is 0 Å². The first-order valence-electron chi connectivity index (χ1n) is 4.99. The highest BCUT2D eigenvalue weighted by Crippen LogP contribution is 2.43. The number of hydrogen-bond donors (Lipinski definition) is 2. The van der Waals surface area contributed by atoms with Gasteiger partial charge in [0.05, 0.1) is 22.9 Å². The van der Waals surface area contributed by atoms with E-state index in [4.69, 9.17) is 5.11 Å². The summed E-state index contributed by atoms with van der Waals surface area (Å²) in [5.74, 6) is 0. The van der Waals surface area contributed by atoms with Crippen LogP contribution in [0.2, 0.25) is 0 Å². The summed E-state index contributed by atoms with van der Waals surface area (Å²) in [6.45, 7) is 0.0771. The molecular formula is C12H10N2OS. The topological polar surface area (TPSA) is 45.2 Å². The predicted molar refractivity (Wildman–Crippen MR) is 64.0 cm³/mol. The van der Waals surface area contributed by atoms with E-state index >= 15 is 0 Å². The molecule has 0 spiro atoms. The van der Waals surface area contributed by atoms with Gasteiger partial charge in [0.15, 0.2) is 0 Å². The highest BCUT2D eigenvalue weighted by atomic mass is 32.2. The lowest BCUT2D eigenvalue weighted by Crippen LogP contribution is -2.00. The second kappa shape index (κ2) is 3.81. The minimum Gasteiger partial charge on any atom is -0.392 e. The molecular weight excluding hydrogens is 220 g/mol. The molecule has 0 radical (unpaired) electrons. The van der Waals surface area contributed by atoms with E-state index in [1.807, 2.05) is 30.5 Å². The first kappa shape index (κ1) is 9.69. The van der Waals surface area contributed by atoms with Gasteiger partial charge in [0.25, 0.3) is 0 Å². The van der Waals surface area contributed by atoms with Crippen LogP contribution in [0.25, 0.3) is 0 Å². The van der Waals surface area contributed by atoms with E-state index < -0.39 is 0 Å². The summed E-state index contributed by atoms with van der Waals surface area (Å²) >= 11 is 1.68. The van der Waals surface area contributed by atoms with Gasteiger partial charge in [-0.2, -0.15) is 0 Å². The van der Waals surface area contributed by atoms with Crippen LogP contribution >= 0.6 is 11.8 Å². The molecule has 2 heterocycles. The molecule has 0 atom stereocenters. The summed E-state index contributed by atoms with van der Waals surface area (Å²) in [7, 11) is 0. The molecule has 2 N–H and O–H groups in total. The summed E-state index contributed by atoms with van der Waals surface area (Å²) in [6.07, 6.45) is 3.63. The highest BCUT2D eigenvalue weighted by Gasteiger charge is 2.15. The van der Waals surface area contributed by atoms with Gasteiger partial charge < -0.3 is 10.4 Å². The van der Waals surface area contributed by atoms with E-state index in [0.29, 0.717) is 0 Å². The van der Waals surface area contributed by atoms with Gasteiger partial charge in [-0.3, -0.25) is 4.98 Å². The van der Waals surface area contributed by atoms with E-state index in [-0.39, 0.29) is 6.61 Å². The number of nitrogens with one attached hydrogen (secondary N) is 1. The molecule has 0 saturated heterocycles. The van der Waals surface area contributed by atoms with Crippen molar-refractivity contribution >= 4 is 23.1 Å². The third-order valence-electron chi connectivity index (χ3n) is 2.50. The number of fused-ring (bicyclic) bond motifs is 2. The van der Waals surface area contributed by atoms with Crippen LogP contribution in [-0.2, 0) is 6.61 Å². The maximum atomic E-state index is 9.09. The molecule has 4 heteroatoms. The van der Waals surface area contributed by atoms with Gasteiger partial charge in [-0.1, -0.05) is 17.8 Å². The van der Waals surface area contributed by atoms with Gasteiger partial charge >= 0.3 is 0 Å². The number of hydrogen-bond acceptors (Lipinski definition) is 4. The van der Waals surface area contributed by atoms with E-state index in [1.165, 1.54) is 0 Å². The van der Waals surface area contributed by atoms with Crippen molar-refractivity contribution in [3.8, 4) is 0 Å². The molecule has 80 valence electrons. The lowest BCUT2D eigenvalue weighted by Gasteiger charge is -2.20. The number of benzene rings is 1. The van der Waals surface area contributed by atoms with Gasteiger partial charge in [-0.15, -0.1) is 0 Å². The van der Waals surface area contributed by atoms with Crippen LogP contribution < -0.4 is 5.32 Å². The molecule has 3 rings (SSSR count). The van der Waals surface area contributed by atoms with Gasteiger partial charge in [0, 0.05) is 17.3 Å². The molecule has 1 aliphatic rings. The molecule has 0 unspecified atom stereocenters. The fourth-order valence-corrected chi connectivity index (χ4v) is 2.70. The Kier molecular flexibility index (Phi) is 2.31. The summed E-state index contributed by atoms with van der Waals surface area (Å²) in [5, 5.41) is 12.4. The van der Waals surface area contributed by atoms with Crippen molar-refractivity contribution in [2.45, 2.75) is 16.4 Å². The minimum atomic E-state index is 0.0771. The van der Waals surface area contributed by atoms with Crippen molar-refractivity contribution in [3.05, 3.63) is 42.2 Å². The standard InChI is InChI=1S/C12H10N2OS/c15-7-8-1-2-9-11(5-8)16-12-6-13-4-3-10(12)14-9/h1-6,14-15H,7H2. The highest BCUT2D eigenvalue weighted by molar-refractivity contribution is 7.99. The van der Waals surface area contributed by atoms with E-state index in [1.54, 1.807) is 18.0 Å². The second-order valence-electron chi connectivity index (χ2n) is 3.59. The molecule has 0 saturated carbocycles. The van der Waals surface area contributed by atoms with E-state index in [0.717, 1.165) is 26.7 Å². The average Bonchev–Trinajstić information content (AvgIpc) is 2.35. The number of nitrogens with zero attached hydrogens (tertiary/aromatic N) is 1. The summed E-state index contributed by atoms with van der Waals surface area (Å²) in [6, 6.07) is 7.89. The van der Waals surface area contributed by atoms with Gasteiger partial charge in [-0.05, 0) is 23.8 Å². The Morgan fingerprint density at radius 3 is 2.94 bits per heavy atom. The molecule has 0 aliphatic carbocycles. The number of aliphatic hydroxyl groups excluding tert-OH is 1. The van der Waals surface area contributed by atoms with Crippen molar-refractivity contribution in [2.75, 3.05) is 5.32 Å². The minimum absolute atomic E-state index is 0.0771. The van der Waals surface area contributed by atoms with Crippen LogP contribution in [0, 0.1) is 0 Å². The molecule has 16 heavy (non-hydrogen) atoms. The molecule has 0 bridgehead atoms. The fraction of sp³-hybridized carbons (Fsp3) is 0.0833. The lowest BCUT2D eigenvalue weighted by molar-refractivity contribution is 0.281. The Morgan fingerprint density at radius 1 is 1.19 bits per heavy atom. The Morgan fingerprint density at radius 2 is 2.06 bits per heavy atom. The van der Waals surface area contributed by atoms with Gasteiger partial charge in [-0.25, -0.2) is 0 Å². The van der Waals surface area contributed by atoms with Crippen LogP contribution in [0.4, 0.5) is 11.4 Å². The van der Waals surface area contributed by atoms with E-state index in [2.05, 4.69) is 10.3 Å². The summed E-state index contributed by atoms with van der Waals surface area (Å²) in [5.41, 5.74) is 3.10. The van der Waals surface area contributed by atoms with Crippen LogP contribution in [-0.4, -0.2) is 10.1 Å². The molecule has 3 nitrogen and oxygen atoms in total. The number of anilines is 2. The Bertz CT molecular complexity index is 542. The third-order valence-corrected chi connectivity index (χ3v) is 3.61. The van der Waals surface area contributed by atoms with Crippen molar-refractivity contribution in [1.82, 2.24) is 4.98 Å². The maximum absolute atomic E-state index is 9.09. The second-order valence-corrected chi connectivity index (χ2v) is 4.67. The van der Waals surface area contributed by atoms with Crippen LogP contribution in [0.15, 0.2) is 46.5 Å². The summed E-state index contributed by atoms with van der Waals surface area (Å²) < 4.78 is 0. The molecule has 1 aromatic carbocycles. The lowest BCUT2D eigenvalue weighted by atomic mass is 10.2. The van der Waals surface area contributed by atoms with Gasteiger partial charge in [0.2, 0.25) is 0 Å². The smallest absolute Gasteiger partial charge is 0.0682 e. The van der Waals surface area contributed by atoms with Crippen molar-refractivity contribution < 1.29 is 5.11 Å². The maximum Gasteiger partial charge on any atom is 0.0682 e. The van der Waals surface area contributed by atoms with Crippen molar-refractivity contribution in [1.29, 1.82) is 0 Å². The number of aliphatic hydroxyl groups is 1. The summed E-state index contributed by atoms with van der Waals surface area (Å²) in [4.78, 5) is 6.35. The number of rotatable bonds is 1. The zero-order valence-corrected chi connectivity index (χ0v) is 9.29. The first-order valence-corrected chi connectivity index (χ1v) is 5.81. The predicted octanol–water partition coefficient (Wildman–Crippen LogP) is 2.78. The molecule has 2 aromatic rings. The molecule has 0 fully saturated rings. The third kappa shape index (κ3) is 1.56. The van der Waals surface area contributed by atoms with Crippen molar-refractivity contribution in [2.24, 2.45) is 0 Å². The quantitative estimate of drug-likeness (QED) is 0.674. The fourth-order valence-electron chi connectivity index (χ4n) is 1.68. The molecule has 1 aromatic heterocycles. The van der Waals surface area contributed by atoms with Crippen LogP contribution in [0.1, 0.15) is 5.56 Å².